The van der Waals surface area contributed by atoms with Crippen LogP contribution in [-0.2, 0) is 20.8 Å². The Balaban J connectivity index is 2.40. The van der Waals surface area contributed by atoms with E-state index in [0.717, 1.165) is 23.9 Å². The van der Waals surface area contributed by atoms with Crippen molar-refractivity contribution in [3.63, 3.8) is 0 Å². The molecule has 1 heterocycles. The second kappa shape index (κ2) is 6.34. The van der Waals surface area contributed by atoms with E-state index in [1.54, 1.807) is 13.3 Å². The second-order valence-electron chi connectivity index (χ2n) is 4.42. The van der Waals surface area contributed by atoms with Crippen LogP contribution in [0, 0.1) is 0 Å². The SMILES string of the molecule is COCCCn1cc(C(=O)C(=O)OC)c2ccccc21. The highest BCUT2D eigenvalue weighted by Crippen LogP contribution is 2.22. The predicted octanol–water partition coefficient (Wildman–Crippen LogP) is 2.03. The summed E-state index contributed by atoms with van der Waals surface area (Å²) < 4.78 is 11.5. The number of ether oxygens (including phenoxy) is 2. The first kappa shape index (κ1) is 14.3. The first-order chi connectivity index (χ1) is 9.69. The predicted molar refractivity (Wildman–Crippen MR) is 74.8 cm³/mol. The number of carbonyl (C=O) groups is 2. The van der Waals surface area contributed by atoms with Gasteiger partial charge in [0.2, 0.25) is 0 Å². The number of esters is 1. The van der Waals surface area contributed by atoms with Crippen molar-refractivity contribution in [3.8, 4) is 0 Å². The van der Waals surface area contributed by atoms with Crippen LogP contribution in [0.2, 0.25) is 0 Å². The molecule has 0 N–H and O–H groups in total. The number of benzene rings is 1. The zero-order chi connectivity index (χ0) is 14.5. The molecule has 0 saturated carbocycles. The molecular formula is C15H17NO4. The lowest BCUT2D eigenvalue weighted by Crippen LogP contribution is -2.15. The van der Waals surface area contributed by atoms with Crippen molar-refractivity contribution >= 4 is 22.7 Å². The van der Waals surface area contributed by atoms with Gasteiger partial charge in [-0.1, -0.05) is 18.2 Å². The van der Waals surface area contributed by atoms with Gasteiger partial charge in [-0.3, -0.25) is 4.79 Å². The Labute approximate surface area is 117 Å². The molecule has 0 amide bonds. The minimum Gasteiger partial charge on any atom is -0.463 e. The summed E-state index contributed by atoms with van der Waals surface area (Å²) in [6, 6.07) is 7.51. The summed E-state index contributed by atoms with van der Waals surface area (Å²) >= 11 is 0. The number of rotatable bonds is 6. The van der Waals surface area contributed by atoms with Gasteiger partial charge in [-0.15, -0.1) is 0 Å². The van der Waals surface area contributed by atoms with Gasteiger partial charge < -0.3 is 14.0 Å². The molecule has 0 unspecified atom stereocenters. The van der Waals surface area contributed by atoms with E-state index < -0.39 is 11.8 Å². The van der Waals surface area contributed by atoms with Crippen LogP contribution in [0.5, 0.6) is 0 Å². The van der Waals surface area contributed by atoms with Gasteiger partial charge in [0.05, 0.1) is 12.7 Å². The molecule has 5 heteroatoms. The van der Waals surface area contributed by atoms with Gasteiger partial charge in [0.1, 0.15) is 0 Å². The minimum absolute atomic E-state index is 0.380. The molecule has 2 rings (SSSR count). The zero-order valence-electron chi connectivity index (χ0n) is 11.6. The van der Waals surface area contributed by atoms with Crippen LogP contribution in [0.3, 0.4) is 0 Å². The first-order valence-electron chi connectivity index (χ1n) is 6.38. The third-order valence-corrected chi connectivity index (χ3v) is 3.15. The average molecular weight is 275 g/mol. The smallest absolute Gasteiger partial charge is 0.379 e. The maximum absolute atomic E-state index is 12.0. The molecule has 0 saturated heterocycles. The fraction of sp³-hybridized carbons (Fsp3) is 0.333. The number of aryl methyl sites for hydroxylation is 1. The molecule has 0 bridgehead atoms. The van der Waals surface area contributed by atoms with Crippen molar-refractivity contribution in [1.82, 2.24) is 4.57 Å². The van der Waals surface area contributed by atoms with Gasteiger partial charge in [0.15, 0.2) is 0 Å². The molecule has 0 radical (unpaired) electrons. The van der Waals surface area contributed by atoms with Crippen molar-refractivity contribution in [2.24, 2.45) is 0 Å². The van der Waals surface area contributed by atoms with Crippen molar-refractivity contribution < 1.29 is 19.1 Å². The van der Waals surface area contributed by atoms with E-state index in [1.165, 1.54) is 7.11 Å². The van der Waals surface area contributed by atoms with E-state index in [0.29, 0.717) is 12.2 Å². The number of fused-ring (bicyclic) bond motifs is 1. The summed E-state index contributed by atoms with van der Waals surface area (Å²) in [6.07, 6.45) is 2.54. The molecule has 1 aromatic carbocycles. The number of methoxy groups -OCH3 is 2. The third kappa shape index (κ3) is 2.72. The Bertz CT molecular complexity index is 630. The minimum atomic E-state index is -0.843. The summed E-state index contributed by atoms with van der Waals surface area (Å²) in [6.45, 7) is 1.37. The van der Waals surface area contributed by atoms with E-state index in [4.69, 9.17) is 4.74 Å². The number of carbonyl (C=O) groups excluding carboxylic acids is 2. The molecule has 1 aromatic heterocycles. The Morgan fingerprint density at radius 2 is 1.95 bits per heavy atom. The number of para-hydroxylation sites is 1. The molecular weight excluding hydrogens is 258 g/mol. The Kier molecular flexibility index (Phi) is 4.53. The standard InChI is InChI=1S/C15H17NO4/c1-19-9-5-8-16-10-12(14(17)15(18)20-2)11-6-3-4-7-13(11)16/h3-4,6-7,10H,5,8-9H2,1-2H3. The summed E-state index contributed by atoms with van der Waals surface area (Å²) in [7, 11) is 2.86. The van der Waals surface area contributed by atoms with Crippen LogP contribution in [0.1, 0.15) is 16.8 Å². The normalized spacial score (nSPS) is 10.7. The quantitative estimate of drug-likeness (QED) is 0.350. The highest BCUT2D eigenvalue weighted by molar-refractivity contribution is 6.42. The number of aromatic nitrogens is 1. The maximum atomic E-state index is 12.0. The van der Waals surface area contributed by atoms with E-state index in [9.17, 15) is 9.59 Å². The lowest BCUT2D eigenvalue weighted by Gasteiger charge is -2.04. The summed E-state index contributed by atoms with van der Waals surface area (Å²) in [5, 5.41) is 0.764. The van der Waals surface area contributed by atoms with Gasteiger partial charge in [-0.2, -0.15) is 0 Å². The van der Waals surface area contributed by atoms with Gasteiger partial charge in [-0.25, -0.2) is 4.79 Å². The Morgan fingerprint density at radius 1 is 1.20 bits per heavy atom. The van der Waals surface area contributed by atoms with Crippen molar-refractivity contribution in [1.29, 1.82) is 0 Å². The van der Waals surface area contributed by atoms with E-state index >= 15 is 0 Å². The van der Waals surface area contributed by atoms with Crippen LogP contribution in [0.4, 0.5) is 0 Å². The third-order valence-electron chi connectivity index (χ3n) is 3.15. The molecule has 0 spiro atoms. The van der Waals surface area contributed by atoms with Crippen molar-refractivity contribution in [2.45, 2.75) is 13.0 Å². The molecule has 106 valence electrons. The summed E-state index contributed by atoms with van der Waals surface area (Å²) in [4.78, 5) is 23.4. The number of hydrogen-bond donors (Lipinski definition) is 0. The molecule has 2 aromatic rings. The van der Waals surface area contributed by atoms with Gasteiger partial charge in [-0.05, 0) is 12.5 Å². The highest BCUT2D eigenvalue weighted by atomic mass is 16.5. The summed E-state index contributed by atoms with van der Waals surface area (Å²) in [5.74, 6) is -1.46. The van der Waals surface area contributed by atoms with Crippen LogP contribution in [0.15, 0.2) is 30.5 Å². The topological polar surface area (TPSA) is 57.5 Å². The van der Waals surface area contributed by atoms with Gasteiger partial charge in [0.25, 0.3) is 5.78 Å². The summed E-state index contributed by atoms with van der Waals surface area (Å²) in [5.41, 5.74) is 1.31. The molecule has 0 aliphatic heterocycles. The van der Waals surface area contributed by atoms with Crippen molar-refractivity contribution in [3.05, 3.63) is 36.0 Å². The van der Waals surface area contributed by atoms with E-state index in [2.05, 4.69) is 4.74 Å². The Morgan fingerprint density at radius 3 is 2.65 bits per heavy atom. The second-order valence-corrected chi connectivity index (χ2v) is 4.42. The monoisotopic (exact) mass is 275 g/mol. The highest BCUT2D eigenvalue weighted by Gasteiger charge is 2.21. The zero-order valence-corrected chi connectivity index (χ0v) is 11.6. The fourth-order valence-corrected chi connectivity index (χ4v) is 2.19. The molecule has 20 heavy (non-hydrogen) atoms. The molecule has 0 atom stereocenters. The maximum Gasteiger partial charge on any atom is 0.379 e. The lowest BCUT2D eigenvalue weighted by molar-refractivity contribution is -0.135. The number of ketones is 1. The number of hydrogen-bond acceptors (Lipinski definition) is 4. The first-order valence-corrected chi connectivity index (χ1v) is 6.38. The van der Waals surface area contributed by atoms with Crippen LogP contribution < -0.4 is 0 Å². The van der Waals surface area contributed by atoms with Gasteiger partial charge >= 0.3 is 5.97 Å². The van der Waals surface area contributed by atoms with Crippen LogP contribution >= 0.6 is 0 Å². The molecule has 0 aliphatic carbocycles. The fourth-order valence-electron chi connectivity index (χ4n) is 2.19. The molecule has 5 nitrogen and oxygen atoms in total. The largest absolute Gasteiger partial charge is 0.463 e. The number of Topliss-reactive ketones (excluding diaryl/α,β-unsaturated/α-hetero) is 1. The van der Waals surface area contributed by atoms with Crippen molar-refractivity contribution in [2.75, 3.05) is 20.8 Å². The van der Waals surface area contributed by atoms with E-state index in [-0.39, 0.29) is 0 Å². The molecule has 0 aliphatic rings. The number of nitrogens with zero attached hydrogens (tertiary/aromatic N) is 1. The average Bonchev–Trinajstić information content (AvgIpc) is 2.85. The molecule has 0 fully saturated rings. The van der Waals surface area contributed by atoms with Crippen LogP contribution in [0.25, 0.3) is 10.9 Å². The van der Waals surface area contributed by atoms with Crippen LogP contribution in [-0.4, -0.2) is 37.1 Å². The lowest BCUT2D eigenvalue weighted by atomic mass is 10.1. The van der Waals surface area contributed by atoms with Gasteiger partial charge in [0, 0.05) is 37.4 Å². The Hall–Kier alpha value is -2.14. The van der Waals surface area contributed by atoms with E-state index in [1.807, 2.05) is 28.8 Å².